The zero-order valence-electron chi connectivity index (χ0n) is 9.39. The van der Waals surface area contributed by atoms with Gasteiger partial charge in [-0.25, -0.2) is 0 Å². The SMILES string of the molecule is COc1cccc(C(N)C2CSCCS2)c1. The van der Waals surface area contributed by atoms with Gasteiger partial charge in [0.2, 0.25) is 0 Å². The monoisotopic (exact) mass is 255 g/mol. The summed E-state index contributed by atoms with van der Waals surface area (Å²) in [6.45, 7) is 0. The van der Waals surface area contributed by atoms with Gasteiger partial charge in [-0.3, -0.25) is 0 Å². The summed E-state index contributed by atoms with van der Waals surface area (Å²) in [5, 5.41) is 0.533. The molecule has 1 aliphatic heterocycles. The molecule has 0 amide bonds. The van der Waals surface area contributed by atoms with Crippen molar-refractivity contribution in [1.29, 1.82) is 0 Å². The van der Waals surface area contributed by atoms with E-state index in [0.717, 1.165) is 11.5 Å². The van der Waals surface area contributed by atoms with Crippen LogP contribution in [0.25, 0.3) is 0 Å². The molecule has 1 aromatic rings. The molecule has 2 nitrogen and oxygen atoms in total. The molecule has 88 valence electrons. The van der Waals surface area contributed by atoms with Gasteiger partial charge in [0.1, 0.15) is 5.75 Å². The van der Waals surface area contributed by atoms with E-state index >= 15 is 0 Å². The van der Waals surface area contributed by atoms with E-state index in [9.17, 15) is 0 Å². The maximum atomic E-state index is 6.30. The Hall–Kier alpha value is -0.320. The van der Waals surface area contributed by atoms with Crippen LogP contribution in [0.5, 0.6) is 5.75 Å². The van der Waals surface area contributed by atoms with Gasteiger partial charge in [-0.05, 0) is 17.7 Å². The highest BCUT2D eigenvalue weighted by molar-refractivity contribution is 8.06. The lowest BCUT2D eigenvalue weighted by atomic mass is 10.1. The van der Waals surface area contributed by atoms with Crippen molar-refractivity contribution >= 4 is 23.5 Å². The van der Waals surface area contributed by atoms with Crippen molar-refractivity contribution in [3.05, 3.63) is 29.8 Å². The van der Waals surface area contributed by atoms with Gasteiger partial charge in [0.25, 0.3) is 0 Å². The standard InChI is InChI=1S/C12H17NOS2/c1-14-10-4-2-3-9(7-10)12(13)11-8-15-5-6-16-11/h2-4,7,11-12H,5-6,8,13H2,1H3. The zero-order valence-corrected chi connectivity index (χ0v) is 11.0. The molecule has 0 aromatic heterocycles. The first-order valence-electron chi connectivity index (χ1n) is 5.40. The Balaban J connectivity index is 2.09. The number of rotatable bonds is 3. The highest BCUT2D eigenvalue weighted by Crippen LogP contribution is 2.32. The zero-order chi connectivity index (χ0) is 11.4. The first-order valence-corrected chi connectivity index (χ1v) is 7.60. The minimum atomic E-state index is 0.118. The smallest absolute Gasteiger partial charge is 0.119 e. The summed E-state index contributed by atoms with van der Waals surface area (Å²) < 4.78 is 5.22. The average molecular weight is 255 g/mol. The van der Waals surface area contributed by atoms with E-state index in [1.807, 2.05) is 41.7 Å². The van der Waals surface area contributed by atoms with E-state index in [0.29, 0.717) is 5.25 Å². The van der Waals surface area contributed by atoms with E-state index in [1.165, 1.54) is 17.1 Å². The van der Waals surface area contributed by atoms with Crippen LogP contribution in [-0.2, 0) is 0 Å². The van der Waals surface area contributed by atoms with Crippen LogP contribution in [0.15, 0.2) is 24.3 Å². The second-order valence-corrected chi connectivity index (χ2v) is 6.28. The van der Waals surface area contributed by atoms with Gasteiger partial charge in [-0.1, -0.05) is 12.1 Å². The van der Waals surface area contributed by atoms with Crippen LogP contribution < -0.4 is 10.5 Å². The summed E-state index contributed by atoms with van der Waals surface area (Å²) in [6.07, 6.45) is 0. The Morgan fingerprint density at radius 1 is 1.44 bits per heavy atom. The predicted molar refractivity (Wildman–Crippen MR) is 73.5 cm³/mol. The Labute approximate surface area is 105 Å². The molecule has 1 aliphatic rings. The third-order valence-electron chi connectivity index (χ3n) is 2.72. The first kappa shape index (κ1) is 12.1. The Morgan fingerprint density at radius 3 is 3.00 bits per heavy atom. The van der Waals surface area contributed by atoms with Crippen LogP contribution in [0.4, 0.5) is 0 Å². The van der Waals surface area contributed by atoms with Crippen LogP contribution in [0.2, 0.25) is 0 Å². The van der Waals surface area contributed by atoms with E-state index < -0.39 is 0 Å². The van der Waals surface area contributed by atoms with Crippen LogP contribution in [-0.4, -0.2) is 29.6 Å². The number of hydrogen-bond acceptors (Lipinski definition) is 4. The number of ether oxygens (including phenoxy) is 1. The fraction of sp³-hybridized carbons (Fsp3) is 0.500. The van der Waals surface area contributed by atoms with Crippen molar-refractivity contribution in [2.45, 2.75) is 11.3 Å². The van der Waals surface area contributed by atoms with Gasteiger partial charge in [0, 0.05) is 28.6 Å². The minimum Gasteiger partial charge on any atom is -0.497 e. The van der Waals surface area contributed by atoms with Crippen molar-refractivity contribution in [3.63, 3.8) is 0 Å². The van der Waals surface area contributed by atoms with E-state index in [-0.39, 0.29) is 6.04 Å². The van der Waals surface area contributed by atoms with Gasteiger partial charge in [0.05, 0.1) is 7.11 Å². The largest absolute Gasteiger partial charge is 0.497 e. The second kappa shape index (κ2) is 5.84. The number of hydrogen-bond donors (Lipinski definition) is 1. The van der Waals surface area contributed by atoms with Crippen molar-refractivity contribution < 1.29 is 4.74 Å². The number of thioether (sulfide) groups is 2. The van der Waals surface area contributed by atoms with Gasteiger partial charge in [-0.15, -0.1) is 0 Å². The Morgan fingerprint density at radius 2 is 2.31 bits per heavy atom. The molecule has 2 unspecified atom stereocenters. The number of methoxy groups -OCH3 is 1. The molecular weight excluding hydrogens is 238 g/mol. The Kier molecular flexibility index (Phi) is 4.44. The van der Waals surface area contributed by atoms with Crippen LogP contribution in [0, 0.1) is 0 Å². The van der Waals surface area contributed by atoms with Crippen molar-refractivity contribution in [3.8, 4) is 5.75 Å². The molecule has 0 saturated carbocycles. The van der Waals surface area contributed by atoms with Gasteiger partial charge >= 0.3 is 0 Å². The molecule has 0 aliphatic carbocycles. The molecule has 1 saturated heterocycles. The lowest BCUT2D eigenvalue weighted by Crippen LogP contribution is -2.28. The third-order valence-corrected chi connectivity index (χ3v) is 5.61. The highest BCUT2D eigenvalue weighted by atomic mass is 32.2. The topological polar surface area (TPSA) is 35.2 Å². The van der Waals surface area contributed by atoms with Gasteiger partial charge < -0.3 is 10.5 Å². The van der Waals surface area contributed by atoms with Crippen molar-refractivity contribution in [2.24, 2.45) is 5.73 Å². The molecule has 0 bridgehead atoms. The van der Waals surface area contributed by atoms with E-state index in [1.54, 1.807) is 7.11 Å². The number of nitrogens with two attached hydrogens (primary N) is 1. The average Bonchev–Trinajstić information content (AvgIpc) is 2.39. The molecule has 1 aromatic carbocycles. The van der Waals surface area contributed by atoms with Crippen molar-refractivity contribution in [1.82, 2.24) is 0 Å². The number of benzene rings is 1. The molecule has 16 heavy (non-hydrogen) atoms. The summed E-state index contributed by atoms with van der Waals surface area (Å²) in [7, 11) is 1.69. The quantitative estimate of drug-likeness (QED) is 0.900. The third kappa shape index (κ3) is 2.87. The molecule has 0 spiro atoms. The fourth-order valence-electron chi connectivity index (χ4n) is 1.78. The molecule has 4 heteroatoms. The lowest BCUT2D eigenvalue weighted by molar-refractivity contribution is 0.414. The maximum Gasteiger partial charge on any atom is 0.119 e. The second-order valence-electron chi connectivity index (χ2n) is 3.79. The van der Waals surface area contributed by atoms with Crippen LogP contribution >= 0.6 is 23.5 Å². The molecular formula is C12H17NOS2. The first-order chi connectivity index (χ1) is 7.81. The molecule has 0 radical (unpaired) electrons. The summed E-state index contributed by atoms with van der Waals surface area (Å²) in [4.78, 5) is 0. The minimum absolute atomic E-state index is 0.118. The molecule has 2 atom stereocenters. The molecule has 1 heterocycles. The lowest BCUT2D eigenvalue weighted by Gasteiger charge is -2.27. The summed E-state index contributed by atoms with van der Waals surface area (Å²) in [5.74, 6) is 4.52. The molecule has 2 N–H and O–H groups in total. The summed E-state index contributed by atoms with van der Waals surface area (Å²) in [5.41, 5.74) is 7.48. The normalized spacial score (nSPS) is 22.8. The van der Waals surface area contributed by atoms with Crippen LogP contribution in [0.1, 0.15) is 11.6 Å². The Bertz CT molecular complexity index is 340. The molecule has 2 rings (SSSR count). The summed E-state index contributed by atoms with van der Waals surface area (Å²) in [6, 6.07) is 8.22. The highest BCUT2D eigenvalue weighted by Gasteiger charge is 2.22. The fourth-order valence-corrected chi connectivity index (χ4v) is 4.58. The maximum absolute atomic E-state index is 6.30. The van der Waals surface area contributed by atoms with Gasteiger partial charge in [0.15, 0.2) is 0 Å². The predicted octanol–water partition coefficient (Wildman–Crippen LogP) is 2.54. The molecule has 1 fully saturated rings. The van der Waals surface area contributed by atoms with Gasteiger partial charge in [-0.2, -0.15) is 23.5 Å². The van der Waals surface area contributed by atoms with E-state index in [2.05, 4.69) is 6.07 Å². The van der Waals surface area contributed by atoms with Crippen molar-refractivity contribution in [2.75, 3.05) is 24.4 Å². The van der Waals surface area contributed by atoms with Crippen LogP contribution in [0.3, 0.4) is 0 Å². The van der Waals surface area contributed by atoms with E-state index in [4.69, 9.17) is 10.5 Å². The summed E-state index contributed by atoms with van der Waals surface area (Å²) >= 11 is 4.00.